The highest BCUT2D eigenvalue weighted by Gasteiger charge is 2.40. The van der Waals surface area contributed by atoms with Gasteiger partial charge in [-0.3, -0.25) is 4.79 Å². The number of carbonyl (C=O) groups excluding carboxylic acids is 1. The number of hydrogen-bond acceptors (Lipinski definition) is 4. The molecule has 0 spiro atoms. The first-order chi connectivity index (χ1) is 9.54. The summed E-state index contributed by atoms with van der Waals surface area (Å²) in [7, 11) is 3.34. The summed E-state index contributed by atoms with van der Waals surface area (Å²) in [4.78, 5) is 14.2. The fourth-order valence-electron chi connectivity index (χ4n) is 2.79. The number of methoxy groups -OCH3 is 1. The van der Waals surface area contributed by atoms with Crippen molar-refractivity contribution >= 4 is 11.6 Å². The van der Waals surface area contributed by atoms with E-state index in [1.165, 1.54) is 0 Å². The Morgan fingerprint density at radius 1 is 1.55 bits per heavy atom. The third-order valence-electron chi connectivity index (χ3n) is 4.10. The van der Waals surface area contributed by atoms with Crippen LogP contribution in [-0.4, -0.2) is 33.2 Å². The van der Waals surface area contributed by atoms with Gasteiger partial charge in [-0.25, -0.2) is 0 Å². The smallest absolute Gasteiger partial charge is 0.227 e. The van der Waals surface area contributed by atoms with Crippen molar-refractivity contribution in [3.05, 3.63) is 23.8 Å². The van der Waals surface area contributed by atoms with Crippen molar-refractivity contribution in [1.29, 1.82) is 0 Å². The number of benzene rings is 1. The molecule has 1 amide bonds. The van der Waals surface area contributed by atoms with Crippen LogP contribution in [0.2, 0.25) is 0 Å². The van der Waals surface area contributed by atoms with E-state index >= 15 is 0 Å². The second-order valence-electron chi connectivity index (χ2n) is 5.51. The molecule has 3 N–H and O–H groups in total. The Morgan fingerprint density at radius 3 is 2.90 bits per heavy atom. The molecular weight excluding hydrogens is 254 g/mol. The van der Waals surface area contributed by atoms with Gasteiger partial charge in [0, 0.05) is 38.4 Å². The molecule has 5 nitrogen and oxygen atoms in total. The quantitative estimate of drug-likeness (QED) is 0.865. The number of ether oxygens (including phenoxy) is 1. The molecule has 0 radical (unpaired) electrons. The van der Waals surface area contributed by atoms with Crippen LogP contribution >= 0.6 is 0 Å². The molecule has 2 rings (SSSR count). The summed E-state index contributed by atoms with van der Waals surface area (Å²) in [6, 6.07) is 5.90. The molecule has 1 aromatic carbocycles. The Kier molecular flexibility index (Phi) is 4.18. The first-order valence-electron chi connectivity index (χ1n) is 6.88. The van der Waals surface area contributed by atoms with E-state index in [2.05, 4.69) is 10.2 Å². The Labute approximate surface area is 120 Å². The van der Waals surface area contributed by atoms with Crippen LogP contribution in [0.4, 0.5) is 5.69 Å². The van der Waals surface area contributed by atoms with Gasteiger partial charge in [-0.05, 0) is 25.0 Å². The third-order valence-corrected chi connectivity index (χ3v) is 4.10. The third kappa shape index (κ3) is 2.58. The van der Waals surface area contributed by atoms with Crippen molar-refractivity contribution in [2.45, 2.75) is 19.9 Å². The van der Waals surface area contributed by atoms with E-state index in [1.807, 2.05) is 25.1 Å². The van der Waals surface area contributed by atoms with Gasteiger partial charge >= 0.3 is 0 Å². The molecule has 110 valence electrons. The van der Waals surface area contributed by atoms with E-state index in [1.54, 1.807) is 14.2 Å². The number of carbonyl (C=O) groups is 1. The highest BCUT2D eigenvalue weighted by atomic mass is 16.5. The van der Waals surface area contributed by atoms with Crippen LogP contribution in [0.25, 0.3) is 0 Å². The average molecular weight is 277 g/mol. The van der Waals surface area contributed by atoms with E-state index in [4.69, 9.17) is 10.5 Å². The summed E-state index contributed by atoms with van der Waals surface area (Å²) < 4.78 is 5.29. The molecule has 0 aliphatic carbocycles. The lowest BCUT2D eigenvalue weighted by Crippen LogP contribution is -2.39. The lowest BCUT2D eigenvalue weighted by Gasteiger charge is -2.25. The van der Waals surface area contributed by atoms with Gasteiger partial charge in [0.25, 0.3) is 0 Å². The molecule has 1 saturated heterocycles. The highest BCUT2D eigenvalue weighted by Crippen LogP contribution is 2.36. The molecule has 1 aromatic rings. The molecule has 1 atom stereocenters. The molecule has 0 saturated carbocycles. The summed E-state index contributed by atoms with van der Waals surface area (Å²) in [5.74, 6) is 0.906. The summed E-state index contributed by atoms with van der Waals surface area (Å²) in [6.45, 7) is 4.04. The number of anilines is 1. The van der Waals surface area contributed by atoms with Crippen molar-refractivity contribution in [1.82, 2.24) is 5.32 Å². The molecule has 0 aromatic heterocycles. The molecule has 1 unspecified atom stereocenters. The lowest BCUT2D eigenvalue weighted by atomic mass is 9.89. The minimum absolute atomic E-state index is 0.0946. The zero-order valence-corrected chi connectivity index (χ0v) is 12.4. The molecule has 1 fully saturated rings. The van der Waals surface area contributed by atoms with E-state index in [0.29, 0.717) is 13.1 Å². The number of rotatable bonds is 4. The number of nitrogens with zero attached hydrogens (tertiary/aromatic N) is 1. The van der Waals surface area contributed by atoms with Crippen LogP contribution in [0.3, 0.4) is 0 Å². The predicted octanol–water partition coefficient (Wildman–Crippen LogP) is 1.12. The maximum Gasteiger partial charge on any atom is 0.227 e. The Morgan fingerprint density at radius 2 is 2.30 bits per heavy atom. The van der Waals surface area contributed by atoms with Gasteiger partial charge in [-0.2, -0.15) is 0 Å². The SMILES string of the molecule is CNC(=O)C1(C)CCN(c2cc(OC)ccc2CN)C1. The standard InChI is InChI=1S/C15H23N3O2/c1-15(14(19)17-2)6-7-18(10-15)13-8-12(20-3)5-4-11(13)9-16/h4-5,8H,6-7,9-10,16H2,1-3H3,(H,17,19). The minimum atomic E-state index is -0.344. The molecule has 1 aliphatic heterocycles. The molecule has 1 heterocycles. The maximum absolute atomic E-state index is 12.0. The minimum Gasteiger partial charge on any atom is -0.497 e. The maximum atomic E-state index is 12.0. The van der Waals surface area contributed by atoms with Crippen LogP contribution in [-0.2, 0) is 11.3 Å². The number of nitrogens with one attached hydrogen (secondary N) is 1. The van der Waals surface area contributed by atoms with Gasteiger partial charge in [0.2, 0.25) is 5.91 Å². The zero-order chi connectivity index (χ0) is 14.8. The molecule has 5 heteroatoms. The summed E-state index contributed by atoms with van der Waals surface area (Å²) in [5, 5.41) is 2.76. The summed E-state index contributed by atoms with van der Waals surface area (Å²) >= 11 is 0. The van der Waals surface area contributed by atoms with Crippen LogP contribution in [0.5, 0.6) is 5.75 Å². The summed E-state index contributed by atoms with van der Waals surface area (Å²) in [5.41, 5.74) is 7.62. The number of nitrogens with two attached hydrogens (primary N) is 1. The van der Waals surface area contributed by atoms with Gasteiger partial charge < -0.3 is 20.7 Å². The van der Waals surface area contributed by atoms with Gasteiger partial charge in [0.05, 0.1) is 12.5 Å². The van der Waals surface area contributed by atoms with Crippen molar-refractivity contribution in [3.63, 3.8) is 0 Å². The molecular formula is C15H23N3O2. The van der Waals surface area contributed by atoms with Gasteiger partial charge in [0.1, 0.15) is 5.75 Å². The van der Waals surface area contributed by atoms with Crippen molar-refractivity contribution < 1.29 is 9.53 Å². The Hall–Kier alpha value is -1.75. The normalized spacial score (nSPS) is 21.9. The Balaban J connectivity index is 2.27. The fourth-order valence-corrected chi connectivity index (χ4v) is 2.79. The second kappa shape index (κ2) is 5.71. The zero-order valence-electron chi connectivity index (χ0n) is 12.4. The first kappa shape index (κ1) is 14.7. The predicted molar refractivity (Wildman–Crippen MR) is 79.9 cm³/mol. The largest absolute Gasteiger partial charge is 0.497 e. The highest BCUT2D eigenvalue weighted by molar-refractivity contribution is 5.83. The van der Waals surface area contributed by atoms with Crippen molar-refractivity contribution in [3.8, 4) is 5.75 Å². The number of amides is 1. The monoisotopic (exact) mass is 277 g/mol. The van der Waals surface area contributed by atoms with Crippen LogP contribution < -0.4 is 20.7 Å². The Bertz CT molecular complexity index is 504. The van der Waals surface area contributed by atoms with Crippen LogP contribution in [0, 0.1) is 5.41 Å². The van der Waals surface area contributed by atoms with Crippen LogP contribution in [0.1, 0.15) is 18.9 Å². The number of hydrogen-bond donors (Lipinski definition) is 2. The average Bonchev–Trinajstić information content (AvgIpc) is 2.89. The van der Waals surface area contributed by atoms with Crippen LogP contribution in [0.15, 0.2) is 18.2 Å². The lowest BCUT2D eigenvalue weighted by molar-refractivity contribution is -0.128. The molecule has 20 heavy (non-hydrogen) atoms. The first-order valence-corrected chi connectivity index (χ1v) is 6.88. The van der Waals surface area contributed by atoms with E-state index in [9.17, 15) is 4.79 Å². The second-order valence-corrected chi connectivity index (χ2v) is 5.51. The van der Waals surface area contributed by atoms with Crippen molar-refractivity contribution in [2.24, 2.45) is 11.1 Å². The summed E-state index contributed by atoms with van der Waals surface area (Å²) in [6.07, 6.45) is 0.841. The molecule has 1 aliphatic rings. The van der Waals surface area contributed by atoms with Gasteiger partial charge in [0.15, 0.2) is 0 Å². The van der Waals surface area contributed by atoms with E-state index < -0.39 is 0 Å². The topological polar surface area (TPSA) is 67.6 Å². The van der Waals surface area contributed by atoms with E-state index in [-0.39, 0.29) is 11.3 Å². The van der Waals surface area contributed by atoms with E-state index in [0.717, 1.165) is 30.0 Å². The van der Waals surface area contributed by atoms with Crippen molar-refractivity contribution in [2.75, 3.05) is 32.1 Å². The fraction of sp³-hybridized carbons (Fsp3) is 0.533. The van der Waals surface area contributed by atoms with Gasteiger partial charge in [-0.1, -0.05) is 6.07 Å². The van der Waals surface area contributed by atoms with Gasteiger partial charge in [-0.15, -0.1) is 0 Å². The molecule has 0 bridgehead atoms.